The van der Waals surface area contributed by atoms with Gasteiger partial charge in [-0.2, -0.15) is 0 Å². The molecule has 0 saturated carbocycles. The van der Waals surface area contributed by atoms with E-state index in [-0.39, 0.29) is 12.4 Å². The number of halogens is 1. The molecule has 2 aromatic rings. The quantitative estimate of drug-likeness (QED) is 0.879. The molecule has 1 N–H and O–H groups in total. The van der Waals surface area contributed by atoms with Gasteiger partial charge in [0, 0.05) is 18.2 Å². The van der Waals surface area contributed by atoms with Crippen molar-refractivity contribution >= 4 is 5.69 Å². The molecule has 0 amide bonds. The summed E-state index contributed by atoms with van der Waals surface area (Å²) in [6.45, 7) is 3.02. The normalized spacial score (nSPS) is 10.1. The molecule has 1 aromatic carbocycles. The third kappa shape index (κ3) is 3.20. The second-order valence-corrected chi connectivity index (χ2v) is 3.82. The minimum atomic E-state index is -0.256. The van der Waals surface area contributed by atoms with Crippen molar-refractivity contribution in [2.45, 2.75) is 13.5 Å². The van der Waals surface area contributed by atoms with E-state index in [1.807, 2.05) is 13.0 Å². The van der Waals surface area contributed by atoms with Crippen LogP contribution in [0.3, 0.4) is 0 Å². The lowest BCUT2D eigenvalue weighted by Crippen LogP contribution is -2.00. The monoisotopic (exact) mass is 246 g/mol. The zero-order valence-corrected chi connectivity index (χ0v) is 10.2. The third-order valence-electron chi connectivity index (χ3n) is 2.45. The van der Waals surface area contributed by atoms with Crippen LogP contribution in [0.1, 0.15) is 12.5 Å². The van der Waals surface area contributed by atoms with Crippen LogP contribution in [0.4, 0.5) is 10.1 Å². The van der Waals surface area contributed by atoms with Gasteiger partial charge in [-0.3, -0.25) is 4.98 Å². The van der Waals surface area contributed by atoms with Crippen LogP contribution in [0.2, 0.25) is 0 Å². The van der Waals surface area contributed by atoms with E-state index in [4.69, 9.17) is 4.74 Å². The van der Waals surface area contributed by atoms with Crippen LogP contribution < -0.4 is 10.1 Å². The van der Waals surface area contributed by atoms with Gasteiger partial charge in [0.25, 0.3) is 0 Å². The lowest BCUT2D eigenvalue weighted by Gasteiger charge is -2.08. The maximum absolute atomic E-state index is 13.4. The molecule has 94 valence electrons. The fourth-order valence-electron chi connectivity index (χ4n) is 1.58. The van der Waals surface area contributed by atoms with Gasteiger partial charge in [0.05, 0.1) is 18.1 Å². The van der Waals surface area contributed by atoms with Crippen LogP contribution in [0.5, 0.6) is 5.75 Å². The number of ether oxygens (including phenoxy) is 1. The fourth-order valence-corrected chi connectivity index (χ4v) is 1.58. The third-order valence-corrected chi connectivity index (χ3v) is 2.45. The highest BCUT2D eigenvalue weighted by atomic mass is 19.1. The summed E-state index contributed by atoms with van der Waals surface area (Å²) in [6, 6.07) is 8.42. The molecule has 0 bridgehead atoms. The molecule has 0 unspecified atom stereocenters. The molecule has 1 heterocycles. The molecule has 0 saturated heterocycles. The highest BCUT2D eigenvalue weighted by Crippen LogP contribution is 2.17. The summed E-state index contributed by atoms with van der Waals surface area (Å²) in [7, 11) is 0. The minimum Gasteiger partial charge on any atom is -0.487 e. The van der Waals surface area contributed by atoms with Crippen LogP contribution in [-0.4, -0.2) is 11.5 Å². The Morgan fingerprint density at radius 3 is 2.89 bits per heavy atom. The number of nitrogens with zero attached hydrogens (tertiary/aromatic N) is 1. The Morgan fingerprint density at radius 1 is 1.28 bits per heavy atom. The van der Waals surface area contributed by atoms with Crippen molar-refractivity contribution in [3.63, 3.8) is 0 Å². The smallest absolute Gasteiger partial charge is 0.140 e. The molecule has 0 fully saturated rings. The molecule has 2 rings (SSSR count). The van der Waals surface area contributed by atoms with Crippen molar-refractivity contribution in [3.8, 4) is 5.75 Å². The molecule has 0 radical (unpaired) electrons. The summed E-state index contributed by atoms with van der Waals surface area (Å²) in [5.74, 6) is 0.366. The molecule has 4 heteroatoms. The maximum atomic E-state index is 13.4. The van der Waals surface area contributed by atoms with Crippen molar-refractivity contribution < 1.29 is 9.13 Å². The largest absolute Gasteiger partial charge is 0.487 e. The first-order valence-corrected chi connectivity index (χ1v) is 5.84. The molecule has 0 atom stereocenters. The van der Waals surface area contributed by atoms with Gasteiger partial charge in [-0.1, -0.05) is 18.2 Å². The van der Waals surface area contributed by atoms with E-state index in [9.17, 15) is 4.39 Å². The minimum absolute atomic E-state index is 0.198. The predicted molar refractivity (Wildman–Crippen MR) is 69.1 cm³/mol. The lowest BCUT2D eigenvalue weighted by atomic mass is 10.2. The maximum Gasteiger partial charge on any atom is 0.140 e. The first kappa shape index (κ1) is 12.4. The number of hydrogen-bond donors (Lipinski definition) is 1. The summed E-state index contributed by atoms with van der Waals surface area (Å²) in [5.41, 5.74) is 1.43. The Morgan fingerprint density at radius 2 is 2.11 bits per heavy atom. The van der Waals surface area contributed by atoms with Gasteiger partial charge in [0.1, 0.15) is 18.2 Å². The number of aromatic nitrogens is 1. The van der Waals surface area contributed by atoms with E-state index in [0.29, 0.717) is 11.3 Å². The van der Waals surface area contributed by atoms with Gasteiger partial charge in [0.2, 0.25) is 0 Å². The van der Waals surface area contributed by atoms with Crippen LogP contribution >= 0.6 is 0 Å². The topological polar surface area (TPSA) is 34.2 Å². The molecule has 0 aliphatic heterocycles. The Balaban J connectivity index is 2.02. The summed E-state index contributed by atoms with van der Waals surface area (Å²) in [4.78, 5) is 4.06. The van der Waals surface area contributed by atoms with Gasteiger partial charge in [-0.05, 0) is 13.0 Å². The fraction of sp³-hybridized carbons (Fsp3) is 0.214. The van der Waals surface area contributed by atoms with Crippen LogP contribution in [-0.2, 0) is 6.61 Å². The average molecular weight is 246 g/mol. The second kappa shape index (κ2) is 6.00. The number of nitrogens with one attached hydrogen (secondary N) is 1. The molecule has 1 aromatic heterocycles. The number of benzene rings is 1. The van der Waals surface area contributed by atoms with Crippen LogP contribution in [0, 0.1) is 5.82 Å². The Kier molecular flexibility index (Phi) is 4.12. The average Bonchev–Trinajstić information content (AvgIpc) is 2.39. The van der Waals surface area contributed by atoms with E-state index in [1.54, 1.807) is 30.6 Å². The van der Waals surface area contributed by atoms with E-state index < -0.39 is 0 Å². The Bertz CT molecular complexity index is 517. The standard InChI is InChI=1S/C14H15FN2O/c1-2-17-12-7-13(9-16-8-12)18-10-11-5-3-4-6-14(11)15/h3-9,17H,2,10H2,1H3. The predicted octanol–water partition coefficient (Wildman–Crippen LogP) is 3.23. The molecule has 18 heavy (non-hydrogen) atoms. The number of anilines is 1. The van der Waals surface area contributed by atoms with Gasteiger partial charge in [-0.15, -0.1) is 0 Å². The zero-order chi connectivity index (χ0) is 12.8. The molecular weight excluding hydrogens is 231 g/mol. The Hall–Kier alpha value is -2.10. The van der Waals surface area contributed by atoms with E-state index in [2.05, 4.69) is 10.3 Å². The van der Waals surface area contributed by atoms with E-state index in [1.165, 1.54) is 6.07 Å². The molecule has 3 nitrogen and oxygen atoms in total. The summed E-state index contributed by atoms with van der Waals surface area (Å²) in [5, 5.41) is 3.14. The number of pyridine rings is 1. The first-order chi connectivity index (χ1) is 8.79. The zero-order valence-electron chi connectivity index (χ0n) is 10.2. The summed E-state index contributed by atoms with van der Waals surface area (Å²) in [6.07, 6.45) is 3.33. The van der Waals surface area contributed by atoms with Crippen LogP contribution in [0.25, 0.3) is 0 Å². The Labute approximate surface area is 106 Å². The van der Waals surface area contributed by atoms with Crippen LogP contribution in [0.15, 0.2) is 42.7 Å². The lowest BCUT2D eigenvalue weighted by molar-refractivity contribution is 0.299. The first-order valence-electron chi connectivity index (χ1n) is 5.84. The SMILES string of the molecule is CCNc1cncc(OCc2ccccc2F)c1. The molecule has 0 aliphatic carbocycles. The van der Waals surface area contributed by atoms with Crippen molar-refractivity contribution in [1.29, 1.82) is 0 Å². The van der Waals surface area contributed by atoms with Gasteiger partial charge in [-0.25, -0.2) is 4.39 Å². The van der Waals surface area contributed by atoms with Gasteiger partial charge < -0.3 is 10.1 Å². The highest BCUT2D eigenvalue weighted by molar-refractivity contribution is 5.44. The van der Waals surface area contributed by atoms with Crippen molar-refractivity contribution in [1.82, 2.24) is 4.98 Å². The van der Waals surface area contributed by atoms with Crippen molar-refractivity contribution in [2.75, 3.05) is 11.9 Å². The molecular formula is C14H15FN2O. The summed E-state index contributed by atoms with van der Waals surface area (Å²) >= 11 is 0. The molecule has 0 spiro atoms. The van der Waals surface area contributed by atoms with Gasteiger partial charge >= 0.3 is 0 Å². The van der Waals surface area contributed by atoms with E-state index >= 15 is 0 Å². The number of rotatable bonds is 5. The van der Waals surface area contributed by atoms with Crippen molar-refractivity contribution in [2.24, 2.45) is 0 Å². The second-order valence-electron chi connectivity index (χ2n) is 3.82. The van der Waals surface area contributed by atoms with E-state index in [0.717, 1.165) is 12.2 Å². The highest BCUT2D eigenvalue weighted by Gasteiger charge is 2.02. The van der Waals surface area contributed by atoms with Gasteiger partial charge in [0.15, 0.2) is 0 Å². The summed E-state index contributed by atoms with van der Waals surface area (Å²) < 4.78 is 18.9. The molecule has 0 aliphatic rings. The van der Waals surface area contributed by atoms with Crippen molar-refractivity contribution in [3.05, 3.63) is 54.1 Å². The number of hydrogen-bond acceptors (Lipinski definition) is 3.